The summed E-state index contributed by atoms with van der Waals surface area (Å²) in [6, 6.07) is -0.545. The number of nitrogens with one attached hydrogen (secondary N) is 1. The molecule has 6 heteroatoms. The lowest BCUT2D eigenvalue weighted by Crippen LogP contribution is -2.45. The van der Waals surface area contributed by atoms with Crippen LogP contribution < -0.4 is 5.32 Å². The van der Waals surface area contributed by atoms with E-state index in [2.05, 4.69) is 55.6 Å². The van der Waals surface area contributed by atoms with Crippen LogP contribution in [-0.2, 0) is 14.3 Å². The van der Waals surface area contributed by atoms with Crippen LogP contribution in [0.3, 0.4) is 0 Å². The number of rotatable bonds is 66. The maximum Gasteiger partial charge on any atom is 0.305 e. The van der Waals surface area contributed by atoms with Crippen molar-refractivity contribution in [2.75, 3.05) is 13.2 Å². The van der Waals surface area contributed by atoms with E-state index in [4.69, 9.17) is 4.74 Å². The molecule has 0 spiro atoms. The third kappa shape index (κ3) is 63.3. The first-order valence-electron chi connectivity index (χ1n) is 35.2. The van der Waals surface area contributed by atoms with Gasteiger partial charge in [-0.15, -0.1) is 0 Å². The molecule has 2 atom stereocenters. The summed E-state index contributed by atoms with van der Waals surface area (Å²) in [5, 5.41) is 23.4. The summed E-state index contributed by atoms with van der Waals surface area (Å²) in [5.74, 6) is -0.0355. The number of carbonyl (C=O) groups is 2. The summed E-state index contributed by atoms with van der Waals surface area (Å²) >= 11 is 0. The number of aliphatic hydroxyl groups excluding tert-OH is 2. The molecule has 6 nitrogen and oxygen atoms in total. The van der Waals surface area contributed by atoms with Gasteiger partial charge in [0, 0.05) is 12.8 Å². The van der Waals surface area contributed by atoms with Crippen molar-refractivity contribution >= 4 is 11.9 Å². The number of aliphatic hydroxyl groups is 2. The lowest BCUT2D eigenvalue weighted by molar-refractivity contribution is -0.143. The van der Waals surface area contributed by atoms with Gasteiger partial charge in [-0.1, -0.05) is 333 Å². The second-order valence-corrected chi connectivity index (χ2v) is 24.2. The van der Waals surface area contributed by atoms with Gasteiger partial charge >= 0.3 is 5.97 Å². The normalized spacial score (nSPS) is 12.7. The number of esters is 1. The molecular weight excluding hydrogens is 959 g/mol. The van der Waals surface area contributed by atoms with E-state index < -0.39 is 12.1 Å². The molecule has 0 aromatic carbocycles. The van der Waals surface area contributed by atoms with Crippen LogP contribution in [0, 0.1) is 0 Å². The van der Waals surface area contributed by atoms with E-state index in [0.717, 1.165) is 51.4 Å². The Morgan fingerprint density at radius 3 is 1.04 bits per heavy atom. The maximum atomic E-state index is 12.6. The fourth-order valence-corrected chi connectivity index (χ4v) is 11.0. The maximum absolute atomic E-state index is 12.6. The lowest BCUT2D eigenvalue weighted by atomic mass is 10.0. The molecule has 2 unspecified atom stereocenters. The standard InChI is InChI=1S/C72H137NO5/c1-3-5-7-9-11-13-15-17-18-19-20-21-25-28-31-34-37-41-44-48-52-56-60-64-70(75)69(68-74)73-71(76)65-61-57-53-49-45-42-38-35-32-29-26-23-22-24-27-30-33-36-39-43-47-51-55-59-63-67-78-72(77)66-62-58-54-50-46-40-16-14-12-10-8-6-4-2/h8,10,14,16,23,26,69-70,74-75H,3-7,9,11-13,15,17-22,24-25,27-68H2,1-2H3,(H,73,76)/b10-8-,16-14-,26-23-. The Morgan fingerprint density at radius 2 is 0.667 bits per heavy atom. The smallest absolute Gasteiger partial charge is 0.305 e. The van der Waals surface area contributed by atoms with Gasteiger partial charge < -0.3 is 20.3 Å². The van der Waals surface area contributed by atoms with E-state index >= 15 is 0 Å². The third-order valence-corrected chi connectivity index (χ3v) is 16.4. The number of unbranched alkanes of at least 4 members (excludes halogenated alkanes) is 49. The van der Waals surface area contributed by atoms with Crippen LogP contribution in [-0.4, -0.2) is 47.4 Å². The number of amides is 1. The average Bonchev–Trinajstić information content (AvgIpc) is 3.44. The summed E-state index contributed by atoms with van der Waals surface area (Å²) in [6.07, 6.45) is 86.2. The van der Waals surface area contributed by atoms with Crippen molar-refractivity contribution in [2.45, 2.75) is 398 Å². The fourth-order valence-electron chi connectivity index (χ4n) is 11.0. The molecule has 0 saturated carbocycles. The summed E-state index contributed by atoms with van der Waals surface area (Å²) in [7, 11) is 0. The van der Waals surface area contributed by atoms with Gasteiger partial charge in [-0.3, -0.25) is 9.59 Å². The van der Waals surface area contributed by atoms with Crippen molar-refractivity contribution in [3.05, 3.63) is 36.5 Å². The number of carbonyl (C=O) groups excluding carboxylic acids is 2. The van der Waals surface area contributed by atoms with E-state index in [1.807, 2.05) is 0 Å². The largest absolute Gasteiger partial charge is 0.466 e. The zero-order valence-corrected chi connectivity index (χ0v) is 52.7. The second kappa shape index (κ2) is 67.6. The Hall–Kier alpha value is -1.92. The molecule has 0 aliphatic carbocycles. The molecule has 3 N–H and O–H groups in total. The van der Waals surface area contributed by atoms with Crippen LogP contribution in [0.4, 0.5) is 0 Å². The highest BCUT2D eigenvalue weighted by atomic mass is 16.5. The van der Waals surface area contributed by atoms with E-state index in [-0.39, 0.29) is 18.5 Å². The highest BCUT2D eigenvalue weighted by Crippen LogP contribution is 2.19. The quantitative estimate of drug-likeness (QED) is 0.0320. The third-order valence-electron chi connectivity index (χ3n) is 16.4. The molecule has 0 fully saturated rings. The SMILES string of the molecule is CCC/C=C\C/C=C\CCCCCCCC(=O)OCCCCCCCCCCCCCC/C=C\CCCCCCCCCCCC(=O)NC(CO)C(O)CCCCCCCCCCCCCCCCCCCCCCCCC. The van der Waals surface area contributed by atoms with Crippen molar-refractivity contribution in [1.29, 1.82) is 0 Å². The summed E-state index contributed by atoms with van der Waals surface area (Å²) in [5.41, 5.74) is 0. The zero-order valence-electron chi connectivity index (χ0n) is 52.7. The lowest BCUT2D eigenvalue weighted by Gasteiger charge is -2.22. The van der Waals surface area contributed by atoms with Crippen molar-refractivity contribution in [3.63, 3.8) is 0 Å². The molecule has 0 rings (SSSR count). The summed E-state index contributed by atoms with van der Waals surface area (Å²) < 4.78 is 5.47. The van der Waals surface area contributed by atoms with Crippen LogP contribution in [0.25, 0.3) is 0 Å². The highest BCUT2D eigenvalue weighted by Gasteiger charge is 2.20. The molecule has 0 saturated heterocycles. The van der Waals surface area contributed by atoms with Gasteiger partial charge in [-0.25, -0.2) is 0 Å². The molecule has 78 heavy (non-hydrogen) atoms. The summed E-state index contributed by atoms with van der Waals surface area (Å²) in [4.78, 5) is 24.6. The van der Waals surface area contributed by atoms with E-state index in [1.54, 1.807) is 0 Å². The van der Waals surface area contributed by atoms with E-state index in [9.17, 15) is 19.8 Å². The van der Waals surface area contributed by atoms with Crippen LogP contribution in [0.2, 0.25) is 0 Å². The van der Waals surface area contributed by atoms with Gasteiger partial charge in [-0.05, 0) is 77.0 Å². The number of hydrogen-bond acceptors (Lipinski definition) is 5. The number of hydrogen-bond donors (Lipinski definition) is 3. The molecule has 0 aromatic rings. The molecule has 0 bridgehead atoms. The van der Waals surface area contributed by atoms with Crippen LogP contribution in [0.15, 0.2) is 36.5 Å². The van der Waals surface area contributed by atoms with Crippen LogP contribution in [0.1, 0.15) is 386 Å². The van der Waals surface area contributed by atoms with Gasteiger partial charge in [-0.2, -0.15) is 0 Å². The minimum atomic E-state index is -0.668. The van der Waals surface area contributed by atoms with Gasteiger partial charge in [0.25, 0.3) is 0 Å². The first-order chi connectivity index (χ1) is 38.5. The topological polar surface area (TPSA) is 95.9 Å². The number of ether oxygens (including phenoxy) is 1. The van der Waals surface area contributed by atoms with Crippen molar-refractivity contribution in [2.24, 2.45) is 0 Å². The average molecular weight is 1100 g/mol. The monoisotopic (exact) mass is 1100 g/mol. The Balaban J connectivity index is 3.40. The Labute approximate surface area is 487 Å². The summed E-state index contributed by atoms with van der Waals surface area (Å²) in [6.45, 7) is 4.91. The van der Waals surface area contributed by atoms with Gasteiger partial charge in [0.2, 0.25) is 5.91 Å². The molecule has 0 radical (unpaired) electrons. The van der Waals surface area contributed by atoms with Crippen molar-refractivity contribution in [3.8, 4) is 0 Å². The van der Waals surface area contributed by atoms with Crippen LogP contribution >= 0.6 is 0 Å². The number of allylic oxidation sites excluding steroid dienone is 6. The van der Waals surface area contributed by atoms with Crippen molar-refractivity contribution in [1.82, 2.24) is 5.32 Å². The van der Waals surface area contributed by atoms with Crippen LogP contribution in [0.5, 0.6) is 0 Å². The minimum absolute atomic E-state index is 0.00142. The first-order valence-corrected chi connectivity index (χ1v) is 35.2. The first kappa shape index (κ1) is 76.1. The van der Waals surface area contributed by atoms with Gasteiger partial charge in [0.1, 0.15) is 0 Å². The Kier molecular flexibility index (Phi) is 65.9. The molecule has 0 aliphatic rings. The highest BCUT2D eigenvalue weighted by molar-refractivity contribution is 5.76. The Morgan fingerprint density at radius 1 is 0.359 bits per heavy atom. The molecule has 0 heterocycles. The fraction of sp³-hybridized carbons (Fsp3) is 0.889. The van der Waals surface area contributed by atoms with Gasteiger partial charge in [0.05, 0.1) is 25.4 Å². The van der Waals surface area contributed by atoms with Gasteiger partial charge in [0.15, 0.2) is 0 Å². The van der Waals surface area contributed by atoms with E-state index in [1.165, 1.54) is 302 Å². The second-order valence-electron chi connectivity index (χ2n) is 24.2. The predicted octanol–water partition coefficient (Wildman–Crippen LogP) is 22.7. The molecular formula is C72H137NO5. The predicted molar refractivity (Wildman–Crippen MR) is 343 cm³/mol. The Bertz CT molecular complexity index is 1260. The molecule has 0 aliphatic heterocycles. The molecule has 1 amide bonds. The van der Waals surface area contributed by atoms with Crippen molar-refractivity contribution < 1.29 is 24.5 Å². The van der Waals surface area contributed by atoms with E-state index in [0.29, 0.717) is 25.9 Å². The molecule has 0 aromatic heterocycles. The minimum Gasteiger partial charge on any atom is -0.466 e. The molecule has 460 valence electrons. The zero-order chi connectivity index (χ0) is 56.4.